The Hall–Kier alpha value is -4.04. The lowest BCUT2D eigenvalue weighted by atomic mass is 10.0. The Morgan fingerprint density at radius 2 is 1.76 bits per heavy atom. The Morgan fingerprint density at radius 1 is 1.00 bits per heavy atom. The van der Waals surface area contributed by atoms with Crippen molar-refractivity contribution in [1.82, 2.24) is 0 Å². The van der Waals surface area contributed by atoms with Gasteiger partial charge in [0.2, 0.25) is 0 Å². The van der Waals surface area contributed by atoms with Crippen molar-refractivity contribution >= 4 is 38.1 Å². The SMILES string of the molecule is COc1ccc(S(=O)(=O)N2CC(C(=O)Nc3ccc4c5c(cccc35)CC4)Oc3ccc(C)cc32)cc1. The molecular formula is C29H26N2O5S. The summed E-state index contributed by atoms with van der Waals surface area (Å²) in [6, 6.07) is 21.6. The van der Waals surface area contributed by atoms with Crippen LogP contribution in [0.3, 0.4) is 0 Å². The second-order valence-electron chi connectivity index (χ2n) is 9.39. The molecule has 0 aromatic heterocycles. The molecule has 1 unspecified atom stereocenters. The van der Waals surface area contributed by atoms with Gasteiger partial charge in [-0.15, -0.1) is 0 Å². The van der Waals surface area contributed by atoms with E-state index in [1.807, 2.05) is 31.2 Å². The number of rotatable bonds is 5. The van der Waals surface area contributed by atoms with E-state index in [0.29, 0.717) is 22.9 Å². The van der Waals surface area contributed by atoms with E-state index >= 15 is 0 Å². The van der Waals surface area contributed by atoms with Gasteiger partial charge in [-0.25, -0.2) is 8.42 Å². The summed E-state index contributed by atoms with van der Waals surface area (Å²) in [5, 5.41) is 5.18. The van der Waals surface area contributed by atoms with Crippen LogP contribution in [0.4, 0.5) is 11.4 Å². The first kappa shape index (κ1) is 23.4. The molecule has 1 amide bonds. The van der Waals surface area contributed by atoms with Crippen LogP contribution < -0.4 is 19.1 Å². The highest BCUT2D eigenvalue weighted by Crippen LogP contribution is 2.39. The van der Waals surface area contributed by atoms with Gasteiger partial charge in [0.1, 0.15) is 11.5 Å². The van der Waals surface area contributed by atoms with Crippen molar-refractivity contribution < 1.29 is 22.7 Å². The molecule has 6 rings (SSSR count). The highest BCUT2D eigenvalue weighted by atomic mass is 32.2. The van der Waals surface area contributed by atoms with E-state index in [1.165, 1.54) is 40.1 Å². The van der Waals surface area contributed by atoms with Gasteiger partial charge in [-0.1, -0.05) is 30.3 Å². The number of amides is 1. The fourth-order valence-corrected chi connectivity index (χ4v) is 6.64. The van der Waals surface area contributed by atoms with Gasteiger partial charge in [-0.2, -0.15) is 0 Å². The Labute approximate surface area is 215 Å². The number of benzene rings is 4. The van der Waals surface area contributed by atoms with E-state index in [4.69, 9.17) is 9.47 Å². The Balaban J connectivity index is 1.35. The van der Waals surface area contributed by atoms with Crippen LogP contribution in [0, 0.1) is 6.92 Å². The third-order valence-electron chi connectivity index (χ3n) is 7.06. The smallest absolute Gasteiger partial charge is 0.267 e. The van der Waals surface area contributed by atoms with Crippen molar-refractivity contribution in [3.63, 3.8) is 0 Å². The number of ether oxygens (including phenoxy) is 2. The molecule has 0 fully saturated rings. The number of carbonyl (C=O) groups is 1. The maximum absolute atomic E-state index is 13.7. The lowest BCUT2D eigenvalue weighted by Gasteiger charge is -2.35. The molecule has 4 aromatic carbocycles. The second kappa shape index (κ2) is 8.81. The van der Waals surface area contributed by atoms with E-state index in [0.717, 1.165) is 23.8 Å². The van der Waals surface area contributed by atoms with Crippen molar-refractivity contribution in [1.29, 1.82) is 0 Å². The molecule has 0 bridgehead atoms. The summed E-state index contributed by atoms with van der Waals surface area (Å²) in [4.78, 5) is 13.6. The van der Waals surface area contributed by atoms with Gasteiger partial charge >= 0.3 is 0 Å². The van der Waals surface area contributed by atoms with Crippen LogP contribution in [0.15, 0.2) is 77.7 Å². The van der Waals surface area contributed by atoms with Crippen molar-refractivity contribution in [2.24, 2.45) is 0 Å². The van der Waals surface area contributed by atoms with Crippen molar-refractivity contribution in [2.45, 2.75) is 30.8 Å². The third-order valence-corrected chi connectivity index (χ3v) is 8.85. The monoisotopic (exact) mass is 514 g/mol. The summed E-state index contributed by atoms with van der Waals surface area (Å²) in [5.41, 5.74) is 4.53. The minimum absolute atomic E-state index is 0.106. The summed E-state index contributed by atoms with van der Waals surface area (Å²) < 4.78 is 40.0. The van der Waals surface area contributed by atoms with Crippen LogP contribution >= 0.6 is 0 Å². The van der Waals surface area contributed by atoms with Crippen molar-refractivity contribution in [3.05, 3.63) is 89.5 Å². The molecule has 8 heteroatoms. The number of hydrogen-bond donors (Lipinski definition) is 1. The zero-order valence-corrected chi connectivity index (χ0v) is 21.3. The number of anilines is 2. The fraction of sp³-hybridized carbons (Fsp3) is 0.207. The van der Waals surface area contributed by atoms with E-state index in [-0.39, 0.29) is 11.4 Å². The minimum atomic E-state index is -3.98. The summed E-state index contributed by atoms with van der Waals surface area (Å²) >= 11 is 0. The number of nitrogens with zero attached hydrogens (tertiary/aromatic N) is 1. The fourth-order valence-electron chi connectivity index (χ4n) is 5.17. The average molecular weight is 515 g/mol. The first-order chi connectivity index (χ1) is 17.8. The largest absolute Gasteiger partial charge is 0.497 e. The molecule has 0 radical (unpaired) electrons. The summed E-state index contributed by atoms with van der Waals surface area (Å²) in [6.07, 6.45) is 0.945. The van der Waals surface area contributed by atoms with Crippen LogP contribution in [0.2, 0.25) is 0 Å². The number of aryl methyl sites for hydroxylation is 3. The molecule has 2 aliphatic rings. The molecule has 4 aromatic rings. The Kier molecular flexibility index (Phi) is 5.56. The quantitative estimate of drug-likeness (QED) is 0.412. The van der Waals surface area contributed by atoms with E-state index in [9.17, 15) is 13.2 Å². The molecule has 0 saturated heterocycles. The lowest BCUT2D eigenvalue weighted by molar-refractivity contribution is -0.122. The van der Waals surface area contributed by atoms with Gasteiger partial charge in [-0.05, 0) is 84.3 Å². The van der Waals surface area contributed by atoms with E-state index < -0.39 is 22.0 Å². The highest BCUT2D eigenvalue weighted by Gasteiger charge is 2.38. The number of nitrogens with one attached hydrogen (secondary N) is 1. The molecule has 0 spiro atoms. The molecule has 7 nitrogen and oxygen atoms in total. The molecule has 0 saturated carbocycles. The summed E-state index contributed by atoms with van der Waals surface area (Å²) in [6.45, 7) is 1.73. The molecule has 37 heavy (non-hydrogen) atoms. The standard InChI is InChI=1S/C29H26N2O5S/c1-18-6-15-26-25(16-18)31(37(33,34)22-12-10-21(35-2)11-13-22)17-27(36-26)29(32)30-24-14-9-20-8-7-19-4-3-5-23(24)28(19)20/h3-6,9-16,27H,7-8,17H2,1-2H3,(H,30,32). The Bertz CT molecular complexity index is 1640. The van der Waals surface area contributed by atoms with Crippen LogP contribution in [-0.4, -0.2) is 34.1 Å². The first-order valence-corrected chi connectivity index (χ1v) is 13.6. The van der Waals surface area contributed by atoms with Crippen LogP contribution in [0.5, 0.6) is 11.5 Å². The van der Waals surface area contributed by atoms with Gasteiger partial charge < -0.3 is 14.8 Å². The van der Waals surface area contributed by atoms with E-state index in [2.05, 4.69) is 17.4 Å². The molecule has 1 aliphatic carbocycles. The summed E-state index contributed by atoms with van der Waals surface area (Å²) in [5.74, 6) is 0.495. The van der Waals surface area contributed by atoms with Gasteiger partial charge in [0.05, 0.1) is 24.2 Å². The number of carbonyl (C=O) groups excluding carboxylic acids is 1. The predicted molar refractivity (Wildman–Crippen MR) is 143 cm³/mol. The third kappa shape index (κ3) is 3.97. The van der Waals surface area contributed by atoms with Crippen LogP contribution in [0.1, 0.15) is 16.7 Å². The van der Waals surface area contributed by atoms with Gasteiger partial charge in [-0.3, -0.25) is 9.10 Å². The minimum Gasteiger partial charge on any atom is -0.497 e. The predicted octanol–water partition coefficient (Wildman–Crippen LogP) is 4.85. The maximum atomic E-state index is 13.7. The molecular weight excluding hydrogens is 488 g/mol. The topological polar surface area (TPSA) is 84.9 Å². The summed E-state index contributed by atoms with van der Waals surface area (Å²) in [7, 11) is -2.45. The highest BCUT2D eigenvalue weighted by molar-refractivity contribution is 7.92. The van der Waals surface area contributed by atoms with Gasteiger partial charge in [0.15, 0.2) is 6.10 Å². The van der Waals surface area contributed by atoms with Crippen molar-refractivity contribution in [2.75, 3.05) is 23.3 Å². The number of sulfonamides is 1. The maximum Gasteiger partial charge on any atom is 0.267 e. The molecule has 1 N–H and O–H groups in total. The normalized spacial score (nSPS) is 16.3. The first-order valence-electron chi connectivity index (χ1n) is 12.1. The van der Waals surface area contributed by atoms with Gasteiger partial charge in [0.25, 0.3) is 15.9 Å². The van der Waals surface area contributed by atoms with E-state index in [1.54, 1.807) is 24.3 Å². The lowest BCUT2D eigenvalue weighted by Crippen LogP contribution is -2.48. The van der Waals surface area contributed by atoms with Crippen LogP contribution in [-0.2, 0) is 27.7 Å². The average Bonchev–Trinajstić information content (AvgIpc) is 3.34. The molecule has 1 heterocycles. The molecule has 1 atom stereocenters. The number of hydrogen-bond acceptors (Lipinski definition) is 5. The Morgan fingerprint density at radius 3 is 2.51 bits per heavy atom. The van der Waals surface area contributed by atoms with Gasteiger partial charge in [0, 0.05) is 11.1 Å². The zero-order chi connectivity index (χ0) is 25.7. The van der Waals surface area contributed by atoms with Crippen molar-refractivity contribution in [3.8, 4) is 11.5 Å². The zero-order valence-electron chi connectivity index (χ0n) is 20.5. The second-order valence-corrected chi connectivity index (χ2v) is 11.3. The van der Waals surface area contributed by atoms with Crippen LogP contribution in [0.25, 0.3) is 10.8 Å². The molecule has 1 aliphatic heterocycles. The number of methoxy groups -OCH3 is 1. The number of fused-ring (bicyclic) bond motifs is 1. The molecule has 188 valence electrons.